The summed E-state index contributed by atoms with van der Waals surface area (Å²) in [6.45, 7) is 0.394. The molecule has 2 aliphatic rings. The zero-order chi connectivity index (χ0) is 20.5. The monoisotopic (exact) mass is 436 g/mol. The predicted molar refractivity (Wildman–Crippen MR) is 109 cm³/mol. The van der Waals surface area contributed by atoms with Crippen LogP contribution in [-0.4, -0.2) is 35.2 Å². The van der Waals surface area contributed by atoms with Crippen molar-refractivity contribution >= 4 is 35.0 Å². The van der Waals surface area contributed by atoms with E-state index in [4.69, 9.17) is 33.7 Å². The first-order valence-corrected chi connectivity index (χ1v) is 10.4. The van der Waals surface area contributed by atoms with E-state index in [2.05, 4.69) is 15.5 Å². The Morgan fingerprint density at radius 1 is 1.31 bits per heavy atom. The Morgan fingerprint density at radius 3 is 2.72 bits per heavy atom. The second-order valence-corrected chi connectivity index (χ2v) is 8.46. The second kappa shape index (κ2) is 8.24. The Bertz CT molecular complexity index is 923. The standard InChI is InChI=1S/C20H22Cl2N4O3/c21-14-6-12(29-9-17(23)27)7-15(22)19(14)18(13-3-4-24-20(13)28)10-1-2-16-11(5-10)8-25-26-16/h6-8,10,13,18H,1-5,9H2,(H2,23,27)(H,24,28)(H,25,26). The molecule has 0 saturated carbocycles. The molecule has 3 atom stereocenters. The number of nitrogens with zero attached hydrogens (tertiary/aromatic N) is 1. The molecule has 4 N–H and O–H groups in total. The Morgan fingerprint density at radius 2 is 2.07 bits per heavy atom. The maximum Gasteiger partial charge on any atom is 0.255 e. The summed E-state index contributed by atoms with van der Waals surface area (Å²) in [6, 6.07) is 3.27. The fourth-order valence-electron chi connectivity index (χ4n) is 4.59. The molecule has 2 amide bonds. The van der Waals surface area contributed by atoms with Crippen LogP contribution in [0.4, 0.5) is 0 Å². The molecule has 1 fully saturated rings. The number of halogens is 2. The van der Waals surface area contributed by atoms with E-state index >= 15 is 0 Å². The molecular formula is C20H22Cl2N4O3. The minimum absolute atomic E-state index is 0.0363. The van der Waals surface area contributed by atoms with E-state index in [9.17, 15) is 9.59 Å². The van der Waals surface area contributed by atoms with Crippen molar-refractivity contribution in [3.05, 3.63) is 45.2 Å². The SMILES string of the molecule is NC(=O)COc1cc(Cl)c(C(C2CCc3[nH]ncc3C2)C2CCNC2=O)c(Cl)c1. The molecule has 0 bridgehead atoms. The minimum atomic E-state index is -0.583. The Labute approximate surface area is 178 Å². The molecule has 154 valence electrons. The van der Waals surface area contributed by atoms with Gasteiger partial charge in [-0.05, 0) is 54.9 Å². The van der Waals surface area contributed by atoms with Gasteiger partial charge in [-0.15, -0.1) is 0 Å². The molecule has 2 aromatic rings. The number of amides is 2. The molecule has 4 rings (SSSR count). The molecular weight excluding hydrogens is 415 g/mol. The van der Waals surface area contributed by atoms with Crippen LogP contribution in [0.15, 0.2) is 18.3 Å². The number of aromatic amines is 1. The first kappa shape index (κ1) is 20.0. The van der Waals surface area contributed by atoms with Crippen LogP contribution in [0.5, 0.6) is 5.75 Å². The summed E-state index contributed by atoms with van der Waals surface area (Å²) in [6.07, 6.45) is 5.20. The van der Waals surface area contributed by atoms with Crippen LogP contribution in [-0.2, 0) is 22.4 Å². The number of ether oxygens (including phenoxy) is 1. The highest BCUT2D eigenvalue weighted by molar-refractivity contribution is 6.36. The smallest absolute Gasteiger partial charge is 0.255 e. The zero-order valence-electron chi connectivity index (χ0n) is 15.7. The zero-order valence-corrected chi connectivity index (χ0v) is 17.2. The molecule has 29 heavy (non-hydrogen) atoms. The highest BCUT2D eigenvalue weighted by Crippen LogP contribution is 2.47. The van der Waals surface area contributed by atoms with E-state index in [0.29, 0.717) is 22.3 Å². The van der Waals surface area contributed by atoms with Gasteiger partial charge in [0.25, 0.3) is 5.91 Å². The van der Waals surface area contributed by atoms with E-state index in [1.54, 1.807) is 12.1 Å². The molecule has 1 aliphatic heterocycles. The molecule has 0 spiro atoms. The second-order valence-electron chi connectivity index (χ2n) is 7.64. The fraction of sp³-hybridized carbons (Fsp3) is 0.450. The summed E-state index contributed by atoms with van der Waals surface area (Å²) in [5.74, 6) is -0.278. The topological polar surface area (TPSA) is 110 Å². The van der Waals surface area contributed by atoms with Gasteiger partial charge in [0.15, 0.2) is 6.61 Å². The van der Waals surface area contributed by atoms with Crippen LogP contribution in [0.25, 0.3) is 0 Å². The van der Waals surface area contributed by atoms with Gasteiger partial charge in [-0.1, -0.05) is 23.2 Å². The number of aromatic nitrogens is 2. The lowest BCUT2D eigenvalue weighted by atomic mass is 9.70. The number of carbonyl (C=O) groups is 2. The number of fused-ring (bicyclic) bond motifs is 1. The number of nitrogens with two attached hydrogens (primary N) is 1. The van der Waals surface area contributed by atoms with Gasteiger partial charge in [0.2, 0.25) is 5.91 Å². The van der Waals surface area contributed by atoms with Crippen molar-refractivity contribution in [2.45, 2.75) is 31.6 Å². The van der Waals surface area contributed by atoms with Crippen LogP contribution in [0.2, 0.25) is 10.0 Å². The first-order valence-electron chi connectivity index (χ1n) is 9.63. The maximum absolute atomic E-state index is 12.6. The summed E-state index contributed by atoms with van der Waals surface area (Å²) >= 11 is 13.3. The van der Waals surface area contributed by atoms with E-state index in [0.717, 1.165) is 36.9 Å². The molecule has 0 radical (unpaired) electrons. The molecule has 7 nitrogen and oxygen atoms in total. The van der Waals surface area contributed by atoms with Crippen molar-refractivity contribution in [2.75, 3.05) is 13.2 Å². The third-order valence-electron chi connectivity index (χ3n) is 5.85. The van der Waals surface area contributed by atoms with Crippen LogP contribution >= 0.6 is 23.2 Å². The van der Waals surface area contributed by atoms with Crippen molar-refractivity contribution in [2.24, 2.45) is 17.6 Å². The molecule has 1 aromatic carbocycles. The highest BCUT2D eigenvalue weighted by atomic mass is 35.5. The number of hydrogen-bond donors (Lipinski definition) is 3. The van der Waals surface area contributed by atoms with Crippen LogP contribution in [0, 0.1) is 11.8 Å². The number of H-pyrrole nitrogens is 1. The maximum atomic E-state index is 12.6. The van der Waals surface area contributed by atoms with Crippen LogP contribution in [0.1, 0.15) is 35.6 Å². The lowest BCUT2D eigenvalue weighted by molar-refractivity contribution is -0.123. The summed E-state index contributed by atoms with van der Waals surface area (Å²) in [5, 5.41) is 11.0. The van der Waals surface area contributed by atoms with Crippen LogP contribution in [0.3, 0.4) is 0 Å². The number of benzene rings is 1. The lowest BCUT2D eigenvalue weighted by Crippen LogP contribution is -2.31. The summed E-state index contributed by atoms with van der Waals surface area (Å²) < 4.78 is 5.36. The fourth-order valence-corrected chi connectivity index (χ4v) is 5.31. The summed E-state index contributed by atoms with van der Waals surface area (Å²) in [4.78, 5) is 23.6. The quantitative estimate of drug-likeness (QED) is 0.645. The molecule has 1 aliphatic carbocycles. The van der Waals surface area contributed by atoms with Crippen molar-refractivity contribution in [3.8, 4) is 5.75 Å². The van der Waals surface area contributed by atoms with E-state index in [1.807, 2.05) is 6.20 Å². The van der Waals surface area contributed by atoms with Gasteiger partial charge >= 0.3 is 0 Å². The van der Waals surface area contributed by atoms with Crippen molar-refractivity contribution in [1.82, 2.24) is 15.5 Å². The molecule has 2 heterocycles. The van der Waals surface area contributed by atoms with Crippen molar-refractivity contribution in [1.29, 1.82) is 0 Å². The molecule has 3 unspecified atom stereocenters. The van der Waals surface area contributed by atoms with Gasteiger partial charge in [0, 0.05) is 34.1 Å². The molecule has 9 heteroatoms. The molecule has 1 saturated heterocycles. The van der Waals surface area contributed by atoms with Gasteiger partial charge in [0.05, 0.1) is 6.20 Å². The lowest BCUT2D eigenvalue weighted by Gasteiger charge is -2.34. The average Bonchev–Trinajstić information content (AvgIpc) is 3.31. The number of primary amides is 1. The first-order chi connectivity index (χ1) is 13.9. The number of aryl methyl sites for hydroxylation is 1. The minimum Gasteiger partial charge on any atom is -0.484 e. The van der Waals surface area contributed by atoms with Crippen LogP contribution < -0.4 is 15.8 Å². The summed E-state index contributed by atoms with van der Waals surface area (Å²) in [7, 11) is 0. The van der Waals surface area contributed by atoms with Gasteiger partial charge in [-0.25, -0.2) is 0 Å². The Hall–Kier alpha value is -2.25. The predicted octanol–water partition coefficient (Wildman–Crippen LogP) is 2.61. The van der Waals surface area contributed by atoms with Gasteiger partial charge in [0.1, 0.15) is 5.75 Å². The summed E-state index contributed by atoms with van der Waals surface area (Å²) in [5.41, 5.74) is 8.24. The number of nitrogens with one attached hydrogen (secondary N) is 2. The van der Waals surface area contributed by atoms with E-state index in [1.165, 1.54) is 5.56 Å². The van der Waals surface area contributed by atoms with Crippen molar-refractivity contribution < 1.29 is 14.3 Å². The van der Waals surface area contributed by atoms with Crippen molar-refractivity contribution in [3.63, 3.8) is 0 Å². The molecule has 1 aromatic heterocycles. The van der Waals surface area contributed by atoms with E-state index < -0.39 is 5.91 Å². The average molecular weight is 437 g/mol. The normalized spacial score (nSPS) is 22.1. The third-order valence-corrected chi connectivity index (χ3v) is 6.48. The third kappa shape index (κ3) is 4.07. The van der Waals surface area contributed by atoms with E-state index in [-0.39, 0.29) is 30.3 Å². The largest absolute Gasteiger partial charge is 0.484 e. The Kier molecular flexibility index (Phi) is 5.69. The number of carbonyl (C=O) groups excluding carboxylic acids is 2. The number of rotatable bonds is 6. The van der Waals surface area contributed by atoms with Gasteiger partial charge < -0.3 is 15.8 Å². The highest BCUT2D eigenvalue weighted by Gasteiger charge is 2.41. The van der Waals surface area contributed by atoms with Gasteiger partial charge in [-0.2, -0.15) is 5.10 Å². The Balaban J connectivity index is 1.70. The van der Waals surface area contributed by atoms with Gasteiger partial charge in [-0.3, -0.25) is 14.7 Å². The number of hydrogen-bond acceptors (Lipinski definition) is 4.